The third-order valence-corrected chi connectivity index (χ3v) is 5.80. The molecule has 1 fully saturated rings. The molecular weight excluding hydrogens is 326 g/mol. The van der Waals surface area contributed by atoms with E-state index in [1.807, 2.05) is 42.2 Å². The van der Waals surface area contributed by atoms with Gasteiger partial charge in [-0.3, -0.25) is 4.79 Å². The Bertz CT molecular complexity index is 706. The zero-order valence-corrected chi connectivity index (χ0v) is 14.4. The molecule has 2 aromatic rings. The summed E-state index contributed by atoms with van der Waals surface area (Å²) in [4.78, 5) is 13.9. The highest BCUT2D eigenvalue weighted by atomic mass is 32.1. The molecule has 0 aliphatic carbocycles. The molecule has 1 saturated heterocycles. The molecular formula is C17H21N3O3S. The summed E-state index contributed by atoms with van der Waals surface area (Å²) in [5.74, 6) is -0.940. The Morgan fingerprint density at radius 2 is 2.12 bits per heavy atom. The minimum absolute atomic E-state index is 0.261. The third-order valence-electron chi connectivity index (χ3n) is 4.68. The van der Waals surface area contributed by atoms with Crippen molar-refractivity contribution in [2.24, 2.45) is 5.41 Å². The van der Waals surface area contributed by atoms with Crippen molar-refractivity contribution in [2.45, 2.75) is 32.3 Å². The van der Waals surface area contributed by atoms with Crippen molar-refractivity contribution in [3.05, 3.63) is 40.9 Å². The van der Waals surface area contributed by atoms with Gasteiger partial charge in [0.05, 0.1) is 6.10 Å². The Labute approximate surface area is 144 Å². The van der Waals surface area contributed by atoms with E-state index in [4.69, 9.17) is 0 Å². The second-order valence-corrected chi connectivity index (χ2v) is 7.21. The van der Waals surface area contributed by atoms with Gasteiger partial charge in [0.15, 0.2) is 0 Å². The maximum Gasteiger partial charge on any atom is 0.312 e. The number of nitrogens with zero attached hydrogens (tertiary/aromatic N) is 3. The average Bonchev–Trinajstić information content (AvgIpc) is 3.06. The van der Waals surface area contributed by atoms with E-state index in [2.05, 4.69) is 10.2 Å². The number of anilines is 1. The molecule has 0 unspecified atom stereocenters. The van der Waals surface area contributed by atoms with Crippen molar-refractivity contribution in [3.8, 4) is 0 Å². The SMILES string of the molecule is CCc1nnc(N2CC[C@](Cc3ccccc3)(C(=O)O)[C@@H](O)C2)s1. The van der Waals surface area contributed by atoms with E-state index in [1.54, 1.807) is 0 Å². The molecule has 2 N–H and O–H groups in total. The zero-order valence-electron chi connectivity index (χ0n) is 13.6. The lowest BCUT2D eigenvalue weighted by atomic mass is 9.72. The zero-order chi connectivity index (χ0) is 17.2. The van der Waals surface area contributed by atoms with Gasteiger partial charge in [-0.1, -0.05) is 48.6 Å². The lowest BCUT2D eigenvalue weighted by molar-refractivity contribution is -0.158. The lowest BCUT2D eigenvalue weighted by Crippen LogP contribution is -2.56. The van der Waals surface area contributed by atoms with E-state index < -0.39 is 17.5 Å². The topological polar surface area (TPSA) is 86.6 Å². The fraction of sp³-hybridized carbons (Fsp3) is 0.471. The summed E-state index contributed by atoms with van der Waals surface area (Å²) in [5, 5.41) is 30.5. The van der Waals surface area contributed by atoms with Crippen molar-refractivity contribution in [1.29, 1.82) is 0 Å². The number of benzene rings is 1. The molecule has 1 aliphatic rings. The van der Waals surface area contributed by atoms with Gasteiger partial charge in [-0.25, -0.2) is 0 Å². The third kappa shape index (κ3) is 3.14. The highest BCUT2D eigenvalue weighted by Crippen LogP contribution is 2.38. The second-order valence-electron chi connectivity index (χ2n) is 6.17. The van der Waals surface area contributed by atoms with Gasteiger partial charge >= 0.3 is 5.97 Å². The van der Waals surface area contributed by atoms with Crippen LogP contribution < -0.4 is 4.90 Å². The molecule has 2 heterocycles. The molecule has 1 aliphatic heterocycles. The molecule has 0 bridgehead atoms. The first-order valence-corrected chi connectivity index (χ1v) is 8.89. The molecule has 1 aromatic heterocycles. The summed E-state index contributed by atoms with van der Waals surface area (Å²) in [5.41, 5.74) is -0.229. The number of piperidine rings is 1. The van der Waals surface area contributed by atoms with Gasteiger partial charge in [0.2, 0.25) is 5.13 Å². The van der Waals surface area contributed by atoms with Gasteiger partial charge in [-0.15, -0.1) is 10.2 Å². The molecule has 3 rings (SSSR count). The first kappa shape index (κ1) is 16.9. The summed E-state index contributed by atoms with van der Waals surface area (Å²) in [6.07, 6.45) is 0.563. The highest BCUT2D eigenvalue weighted by Gasteiger charge is 2.49. The van der Waals surface area contributed by atoms with Crippen LogP contribution in [0.25, 0.3) is 0 Å². The number of carboxylic acid groups (broad SMARTS) is 1. The van der Waals surface area contributed by atoms with Gasteiger partial charge in [-0.05, 0) is 24.8 Å². The number of aliphatic hydroxyl groups is 1. The normalized spacial score (nSPS) is 24.1. The number of aliphatic hydroxyl groups excluding tert-OH is 1. The number of β-amino-alcohol motifs (C(OH)–C–C–N with tert-alkyl or cyclic N) is 1. The average molecular weight is 347 g/mol. The molecule has 128 valence electrons. The molecule has 0 radical (unpaired) electrons. The predicted octanol–water partition coefficient (Wildman–Crippen LogP) is 1.99. The quantitative estimate of drug-likeness (QED) is 0.860. The largest absolute Gasteiger partial charge is 0.481 e. The van der Waals surface area contributed by atoms with Gasteiger partial charge in [0.1, 0.15) is 10.4 Å². The number of carboxylic acids is 1. The van der Waals surface area contributed by atoms with Crippen molar-refractivity contribution < 1.29 is 15.0 Å². The van der Waals surface area contributed by atoms with E-state index in [9.17, 15) is 15.0 Å². The van der Waals surface area contributed by atoms with Crippen molar-refractivity contribution in [1.82, 2.24) is 10.2 Å². The summed E-state index contributed by atoms with van der Waals surface area (Å²) in [6, 6.07) is 9.49. The summed E-state index contributed by atoms with van der Waals surface area (Å²) in [7, 11) is 0. The lowest BCUT2D eigenvalue weighted by Gasteiger charge is -2.42. The highest BCUT2D eigenvalue weighted by molar-refractivity contribution is 7.15. The van der Waals surface area contributed by atoms with Crippen LogP contribution in [0, 0.1) is 5.41 Å². The Balaban J connectivity index is 1.79. The van der Waals surface area contributed by atoms with Crippen LogP contribution >= 0.6 is 11.3 Å². The van der Waals surface area contributed by atoms with Crippen molar-refractivity contribution >= 4 is 22.4 Å². The number of aromatic nitrogens is 2. The number of hydrogen-bond acceptors (Lipinski definition) is 6. The van der Waals surface area contributed by atoms with Crippen LogP contribution in [0.3, 0.4) is 0 Å². The van der Waals surface area contributed by atoms with Crippen LogP contribution in [-0.4, -0.2) is 45.6 Å². The summed E-state index contributed by atoms with van der Waals surface area (Å²) < 4.78 is 0. The molecule has 0 amide bonds. The molecule has 1 aromatic carbocycles. The molecule has 2 atom stereocenters. The smallest absolute Gasteiger partial charge is 0.312 e. The predicted molar refractivity (Wildman–Crippen MR) is 92.3 cm³/mol. The maximum absolute atomic E-state index is 12.0. The Hall–Kier alpha value is -1.99. The van der Waals surface area contributed by atoms with Gasteiger partial charge in [0.25, 0.3) is 0 Å². The number of rotatable bonds is 5. The van der Waals surface area contributed by atoms with Crippen molar-refractivity contribution in [3.63, 3.8) is 0 Å². The molecule has 7 heteroatoms. The van der Waals surface area contributed by atoms with Crippen LogP contribution in [0.15, 0.2) is 30.3 Å². The van der Waals surface area contributed by atoms with Crippen LogP contribution in [0.5, 0.6) is 0 Å². The fourth-order valence-electron chi connectivity index (χ4n) is 3.16. The monoisotopic (exact) mass is 347 g/mol. The first-order valence-electron chi connectivity index (χ1n) is 8.08. The van der Waals surface area contributed by atoms with Gasteiger partial charge in [-0.2, -0.15) is 0 Å². The minimum Gasteiger partial charge on any atom is -0.481 e. The Kier molecular flexibility index (Phi) is 4.82. The summed E-state index contributed by atoms with van der Waals surface area (Å²) >= 11 is 1.50. The molecule has 0 saturated carbocycles. The Morgan fingerprint density at radius 1 is 1.38 bits per heavy atom. The van der Waals surface area contributed by atoms with E-state index in [-0.39, 0.29) is 6.54 Å². The van der Waals surface area contributed by atoms with Crippen LogP contribution in [-0.2, 0) is 17.6 Å². The number of aliphatic carboxylic acids is 1. The van der Waals surface area contributed by atoms with Crippen molar-refractivity contribution in [2.75, 3.05) is 18.0 Å². The second kappa shape index (κ2) is 6.86. The molecule has 24 heavy (non-hydrogen) atoms. The number of hydrogen-bond donors (Lipinski definition) is 2. The van der Waals surface area contributed by atoms with E-state index in [0.717, 1.165) is 22.1 Å². The van der Waals surface area contributed by atoms with Crippen LogP contribution in [0.4, 0.5) is 5.13 Å². The van der Waals surface area contributed by atoms with E-state index >= 15 is 0 Å². The standard InChI is InChI=1S/C17H21N3O3S/c1-2-14-18-19-16(24-14)20-9-8-17(15(22)23,13(21)11-20)10-12-6-4-3-5-7-12/h3-7,13,21H,2,8-11H2,1H3,(H,22,23)/t13-,17+/m0/s1. The first-order chi connectivity index (χ1) is 11.5. The van der Waals surface area contributed by atoms with Gasteiger partial charge in [0, 0.05) is 13.1 Å². The van der Waals surface area contributed by atoms with Crippen LogP contribution in [0.1, 0.15) is 23.9 Å². The summed E-state index contributed by atoms with van der Waals surface area (Å²) in [6.45, 7) is 2.83. The van der Waals surface area contributed by atoms with E-state index in [1.165, 1.54) is 11.3 Å². The van der Waals surface area contributed by atoms with E-state index in [0.29, 0.717) is 19.4 Å². The number of aryl methyl sites for hydroxylation is 1. The van der Waals surface area contributed by atoms with Gasteiger partial charge < -0.3 is 15.1 Å². The maximum atomic E-state index is 12.0. The molecule has 6 nitrogen and oxygen atoms in total. The fourth-order valence-corrected chi connectivity index (χ4v) is 3.97. The van der Waals surface area contributed by atoms with Crippen LogP contribution in [0.2, 0.25) is 0 Å². The minimum atomic E-state index is -1.16. The Morgan fingerprint density at radius 3 is 2.71 bits per heavy atom. The molecule has 0 spiro atoms. The number of carbonyl (C=O) groups is 1.